The number of hydrogen-bond donors (Lipinski definition) is 1. The number of aryl methyl sites for hydroxylation is 1. The maximum Gasteiger partial charge on any atom is 0.433 e. The molecule has 140 valence electrons. The molecule has 0 fully saturated rings. The molecule has 0 unspecified atom stereocenters. The highest BCUT2D eigenvalue weighted by Crippen LogP contribution is 2.28. The molecule has 3 rings (SSSR count). The second kappa shape index (κ2) is 7.61. The molecule has 3 aromatic rings. The summed E-state index contributed by atoms with van der Waals surface area (Å²) in [5, 5.41) is 6.87. The lowest BCUT2D eigenvalue weighted by Crippen LogP contribution is -2.24. The summed E-state index contributed by atoms with van der Waals surface area (Å²) in [6, 6.07) is 11.4. The van der Waals surface area contributed by atoms with Crippen molar-refractivity contribution in [2.24, 2.45) is 0 Å². The Morgan fingerprint density at radius 1 is 1.15 bits per heavy atom. The zero-order valence-corrected chi connectivity index (χ0v) is 14.5. The molecule has 27 heavy (non-hydrogen) atoms. The van der Waals surface area contributed by atoms with Gasteiger partial charge in [0.05, 0.1) is 17.8 Å². The van der Waals surface area contributed by atoms with E-state index in [0.29, 0.717) is 6.54 Å². The normalized spacial score (nSPS) is 11.4. The first-order valence-electron chi connectivity index (χ1n) is 8.21. The number of carbonyl (C=O) groups excluding carboxylic acids is 1. The minimum absolute atomic E-state index is 0.0368. The number of rotatable bonds is 5. The van der Waals surface area contributed by atoms with Gasteiger partial charge in [0.1, 0.15) is 5.69 Å². The summed E-state index contributed by atoms with van der Waals surface area (Å²) in [4.78, 5) is 15.8. The predicted octanol–water partition coefficient (Wildman–Crippen LogP) is 3.58. The monoisotopic (exact) mass is 374 g/mol. The van der Waals surface area contributed by atoms with Crippen molar-refractivity contribution >= 4 is 5.91 Å². The van der Waals surface area contributed by atoms with Gasteiger partial charge in [-0.05, 0) is 36.2 Å². The Labute approximate surface area is 153 Å². The van der Waals surface area contributed by atoms with Gasteiger partial charge in [0, 0.05) is 18.9 Å². The standard InChI is InChI=1S/C19H17F3N4O/c1-13-16(6-7-17(25-13)19(20,21)22)18(27)23-11-14-4-2-5-15(10-14)12-26-9-3-8-24-26/h2-10H,11-12H2,1H3,(H,23,27). The van der Waals surface area contributed by atoms with E-state index in [9.17, 15) is 18.0 Å². The molecular weight excluding hydrogens is 357 g/mol. The van der Waals surface area contributed by atoms with Crippen LogP contribution in [0, 0.1) is 6.92 Å². The van der Waals surface area contributed by atoms with Gasteiger partial charge in [-0.2, -0.15) is 18.3 Å². The molecule has 0 radical (unpaired) electrons. The van der Waals surface area contributed by atoms with Gasteiger partial charge in [-0.15, -0.1) is 0 Å². The summed E-state index contributed by atoms with van der Waals surface area (Å²) in [5.74, 6) is -0.466. The fourth-order valence-corrected chi connectivity index (χ4v) is 2.66. The molecule has 1 aromatic carbocycles. The Bertz CT molecular complexity index is 936. The van der Waals surface area contributed by atoms with E-state index in [-0.39, 0.29) is 17.8 Å². The Morgan fingerprint density at radius 3 is 2.59 bits per heavy atom. The molecule has 0 aliphatic rings. The van der Waals surface area contributed by atoms with Crippen LogP contribution in [0.15, 0.2) is 54.9 Å². The minimum atomic E-state index is -4.53. The fraction of sp³-hybridized carbons (Fsp3) is 0.211. The zero-order chi connectivity index (χ0) is 19.4. The number of alkyl halides is 3. The van der Waals surface area contributed by atoms with Crippen molar-refractivity contribution in [3.05, 3.63) is 82.9 Å². The molecule has 2 aromatic heterocycles. The van der Waals surface area contributed by atoms with Gasteiger partial charge in [0.25, 0.3) is 5.91 Å². The van der Waals surface area contributed by atoms with E-state index in [4.69, 9.17) is 0 Å². The number of aromatic nitrogens is 3. The number of halogens is 3. The number of pyridine rings is 1. The highest BCUT2D eigenvalue weighted by Gasteiger charge is 2.33. The van der Waals surface area contributed by atoms with E-state index in [2.05, 4.69) is 15.4 Å². The van der Waals surface area contributed by atoms with Crippen molar-refractivity contribution in [3.63, 3.8) is 0 Å². The maximum absolute atomic E-state index is 12.7. The van der Waals surface area contributed by atoms with Gasteiger partial charge >= 0.3 is 6.18 Å². The Kier molecular flexibility index (Phi) is 5.25. The number of nitrogens with zero attached hydrogens (tertiary/aromatic N) is 3. The van der Waals surface area contributed by atoms with Gasteiger partial charge in [-0.25, -0.2) is 4.98 Å². The van der Waals surface area contributed by atoms with Gasteiger partial charge < -0.3 is 5.32 Å². The average molecular weight is 374 g/mol. The van der Waals surface area contributed by atoms with Gasteiger partial charge in [-0.1, -0.05) is 24.3 Å². The molecule has 0 aliphatic carbocycles. The first kappa shape index (κ1) is 18.6. The van der Waals surface area contributed by atoms with Crippen molar-refractivity contribution in [2.75, 3.05) is 0 Å². The van der Waals surface area contributed by atoms with Crippen molar-refractivity contribution < 1.29 is 18.0 Å². The van der Waals surface area contributed by atoms with Crippen LogP contribution in [0.4, 0.5) is 13.2 Å². The Balaban J connectivity index is 1.65. The van der Waals surface area contributed by atoms with Crippen LogP contribution in [0.3, 0.4) is 0 Å². The largest absolute Gasteiger partial charge is 0.433 e. The molecule has 0 spiro atoms. The summed E-state index contributed by atoms with van der Waals surface area (Å²) in [5.41, 5.74) is 1.05. The summed E-state index contributed by atoms with van der Waals surface area (Å²) >= 11 is 0. The third kappa shape index (κ3) is 4.72. The molecule has 0 bridgehead atoms. The summed E-state index contributed by atoms with van der Waals surface area (Å²) in [7, 11) is 0. The highest BCUT2D eigenvalue weighted by molar-refractivity contribution is 5.95. The lowest BCUT2D eigenvalue weighted by molar-refractivity contribution is -0.141. The second-order valence-corrected chi connectivity index (χ2v) is 6.03. The first-order valence-corrected chi connectivity index (χ1v) is 8.21. The van der Waals surface area contributed by atoms with Crippen LogP contribution in [0.2, 0.25) is 0 Å². The first-order chi connectivity index (χ1) is 12.8. The van der Waals surface area contributed by atoms with E-state index < -0.39 is 17.8 Å². The Morgan fingerprint density at radius 2 is 1.93 bits per heavy atom. The van der Waals surface area contributed by atoms with Gasteiger partial charge in [-0.3, -0.25) is 9.48 Å². The lowest BCUT2D eigenvalue weighted by atomic mass is 10.1. The third-order valence-corrected chi connectivity index (χ3v) is 3.97. The number of hydrogen-bond acceptors (Lipinski definition) is 3. The van der Waals surface area contributed by atoms with E-state index in [1.54, 1.807) is 10.9 Å². The van der Waals surface area contributed by atoms with Crippen LogP contribution in [0.5, 0.6) is 0 Å². The smallest absolute Gasteiger partial charge is 0.348 e. The van der Waals surface area contributed by atoms with Crippen molar-refractivity contribution in [1.29, 1.82) is 0 Å². The molecule has 1 amide bonds. The number of amides is 1. The highest BCUT2D eigenvalue weighted by atomic mass is 19.4. The molecule has 8 heteroatoms. The lowest BCUT2D eigenvalue weighted by Gasteiger charge is -2.11. The van der Waals surface area contributed by atoms with E-state index in [0.717, 1.165) is 23.3 Å². The molecular formula is C19H17F3N4O. The molecule has 0 saturated carbocycles. The molecule has 1 N–H and O–H groups in total. The SMILES string of the molecule is Cc1nc(C(F)(F)F)ccc1C(=O)NCc1cccc(Cn2cccn2)c1. The third-order valence-electron chi connectivity index (χ3n) is 3.97. The minimum Gasteiger partial charge on any atom is -0.348 e. The summed E-state index contributed by atoms with van der Waals surface area (Å²) < 4.78 is 39.8. The average Bonchev–Trinajstić information content (AvgIpc) is 3.12. The second-order valence-electron chi connectivity index (χ2n) is 6.03. The summed E-state index contributed by atoms with van der Waals surface area (Å²) in [6.07, 6.45) is -0.978. The van der Waals surface area contributed by atoms with Gasteiger partial charge in [0.15, 0.2) is 0 Å². The molecule has 0 aliphatic heterocycles. The topological polar surface area (TPSA) is 59.8 Å². The van der Waals surface area contributed by atoms with E-state index in [1.807, 2.05) is 36.5 Å². The predicted molar refractivity (Wildman–Crippen MR) is 92.9 cm³/mol. The zero-order valence-electron chi connectivity index (χ0n) is 14.5. The maximum atomic E-state index is 12.7. The van der Waals surface area contributed by atoms with Crippen LogP contribution in [0.1, 0.15) is 32.9 Å². The molecule has 5 nitrogen and oxygen atoms in total. The van der Waals surface area contributed by atoms with Crippen LogP contribution in [0.25, 0.3) is 0 Å². The number of carbonyl (C=O) groups is 1. The Hall–Kier alpha value is -3.16. The fourth-order valence-electron chi connectivity index (χ4n) is 2.66. The molecule has 2 heterocycles. The van der Waals surface area contributed by atoms with Gasteiger partial charge in [0.2, 0.25) is 0 Å². The quantitative estimate of drug-likeness (QED) is 0.743. The number of benzene rings is 1. The van der Waals surface area contributed by atoms with Crippen molar-refractivity contribution in [3.8, 4) is 0 Å². The van der Waals surface area contributed by atoms with Crippen LogP contribution < -0.4 is 5.32 Å². The van der Waals surface area contributed by atoms with Crippen molar-refractivity contribution in [1.82, 2.24) is 20.1 Å². The van der Waals surface area contributed by atoms with Crippen LogP contribution in [-0.4, -0.2) is 20.7 Å². The van der Waals surface area contributed by atoms with E-state index >= 15 is 0 Å². The van der Waals surface area contributed by atoms with E-state index in [1.165, 1.54) is 6.92 Å². The number of nitrogens with one attached hydrogen (secondary N) is 1. The molecule has 0 saturated heterocycles. The van der Waals surface area contributed by atoms with Crippen LogP contribution in [-0.2, 0) is 19.3 Å². The summed E-state index contributed by atoms with van der Waals surface area (Å²) in [6.45, 7) is 2.25. The van der Waals surface area contributed by atoms with Crippen LogP contribution >= 0.6 is 0 Å². The molecule has 0 atom stereocenters. The van der Waals surface area contributed by atoms with Crippen molar-refractivity contribution in [2.45, 2.75) is 26.2 Å².